The highest BCUT2D eigenvalue weighted by molar-refractivity contribution is 6.30. The summed E-state index contributed by atoms with van der Waals surface area (Å²) in [5.74, 6) is -0.305. The monoisotopic (exact) mass is 347 g/mol. The van der Waals surface area contributed by atoms with E-state index in [0.29, 0.717) is 10.6 Å². The lowest BCUT2D eigenvalue weighted by molar-refractivity contribution is 0.0601. The molecular formula is C20H26ClNO2. The van der Waals surface area contributed by atoms with E-state index in [1.165, 1.54) is 7.11 Å². The van der Waals surface area contributed by atoms with Gasteiger partial charge in [-0.3, -0.25) is 0 Å². The topological polar surface area (TPSA) is 31.2 Å². The van der Waals surface area contributed by atoms with Gasteiger partial charge in [0.1, 0.15) is 0 Å². The van der Waals surface area contributed by atoms with E-state index >= 15 is 0 Å². The van der Waals surface area contributed by atoms with Crippen LogP contribution in [0, 0.1) is 0 Å². The Hall–Kier alpha value is -1.74. The van der Waals surface area contributed by atoms with Crippen LogP contribution in [0.2, 0.25) is 5.02 Å². The first-order valence-electron chi connectivity index (χ1n) is 8.37. The molecule has 0 aliphatic heterocycles. The minimum absolute atomic E-state index is 0.0683. The molecule has 0 N–H and O–H groups in total. The number of unbranched alkanes of at least 4 members (excludes halogenated alkanes) is 1. The van der Waals surface area contributed by atoms with Gasteiger partial charge in [-0.1, -0.05) is 57.8 Å². The van der Waals surface area contributed by atoms with Gasteiger partial charge < -0.3 is 9.30 Å². The van der Waals surface area contributed by atoms with Gasteiger partial charge in [0.05, 0.1) is 18.4 Å². The number of hydrogen-bond acceptors (Lipinski definition) is 2. The molecule has 24 heavy (non-hydrogen) atoms. The Balaban J connectivity index is 2.73. The molecule has 0 amide bonds. The molecular weight excluding hydrogens is 322 g/mol. The third kappa shape index (κ3) is 3.84. The number of carbonyl (C=O) groups is 1. The van der Waals surface area contributed by atoms with Crippen molar-refractivity contribution < 1.29 is 9.53 Å². The zero-order valence-electron chi connectivity index (χ0n) is 15.1. The number of nitrogens with zero attached hydrogens (tertiary/aromatic N) is 1. The van der Waals surface area contributed by atoms with E-state index in [-0.39, 0.29) is 11.4 Å². The highest BCUT2D eigenvalue weighted by atomic mass is 35.5. The van der Waals surface area contributed by atoms with Crippen LogP contribution in [0.15, 0.2) is 30.3 Å². The van der Waals surface area contributed by atoms with E-state index < -0.39 is 0 Å². The van der Waals surface area contributed by atoms with Crippen LogP contribution in [-0.2, 0) is 16.7 Å². The quantitative estimate of drug-likeness (QED) is 0.650. The molecule has 0 aliphatic rings. The summed E-state index contributed by atoms with van der Waals surface area (Å²) in [5, 5.41) is 0.682. The first kappa shape index (κ1) is 18.6. The standard InChI is InChI=1S/C20H26ClNO2/c1-6-7-12-22-17(20(2,3)4)13-16(19(23)24-5)18(22)14-8-10-15(21)11-9-14/h8-11,13H,6-7,12H2,1-5H3. The molecule has 130 valence electrons. The van der Waals surface area contributed by atoms with Gasteiger partial charge in [0.25, 0.3) is 0 Å². The van der Waals surface area contributed by atoms with Crippen molar-refractivity contribution in [2.24, 2.45) is 0 Å². The molecule has 0 radical (unpaired) electrons. The minimum atomic E-state index is -0.305. The normalized spacial score (nSPS) is 11.6. The number of aromatic nitrogens is 1. The highest BCUT2D eigenvalue weighted by Gasteiger charge is 2.27. The van der Waals surface area contributed by atoms with E-state index in [0.717, 1.165) is 36.3 Å². The van der Waals surface area contributed by atoms with Crippen LogP contribution in [0.4, 0.5) is 0 Å². The van der Waals surface area contributed by atoms with Gasteiger partial charge in [0, 0.05) is 22.7 Å². The lowest BCUT2D eigenvalue weighted by Crippen LogP contribution is -2.18. The summed E-state index contributed by atoms with van der Waals surface area (Å²) in [7, 11) is 1.42. The predicted octanol–water partition coefficient (Wildman–Crippen LogP) is 5.69. The third-order valence-electron chi connectivity index (χ3n) is 4.12. The number of ether oxygens (including phenoxy) is 1. The maximum atomic E-state index is 12.4. The predicted molar refractivity (Wildman–Crippen MR) is 99.8 cm³/mol. The average molecular weight is 348 g/mol. The summed E-state index contributed by atoms with van der Waals surface area (Å²) < 4.78 is 7.29. The van der Waals surface area contributed by atoms with Gasteiger partial charge in [0.2, 0.25) is 0 Å². The van der Waals surface area contributed by atoms with E-state index in [4.69, 9.17) is 16.3 Å². The van der Waals surface area contributed by atoms with Gasteiger partial charge in [0.15, 0.2) is 0 Å². The first-order valence-corrected chi connectivity index (χ1v) is 8.75. The van der Waals surface area contributed by atoms with Crippen LogP contribution in [0.3, 0.4) is 0 Å². The van der Waals surface area contributed by atoms with Crippen LogP contribution in [0.25, 0.3) is 11.3 Å². The Morgan fingerprint density at radius 1 is 1.21 bits per heavy atom. The fourth-order valence-electron chi connectivity index (χ4n) is 2.90. The minimum Gasteiger partial charge on any atom is -0.465 e. The summed E-state index contributed by atoms with van der Waals surface area (Å²) in [4.78, 5) is 12.4. The molecule has 0 spiro atoms. The molecule has 0 saturated carbocycles. The van der Waals surface area contributed by atoms with Crippen LogP contribution in [-0.4, -0.2) is 17.6 Å². The highest BCUT2D eigenvalue weighted by Crippen LogP contribution is 2.35. The fourth-order valence-corrected chi connectivity index (χ4v) is 3.03. The van der Waals surface area contributed by atoms with Crippen LogP contribution >= 0.6 is 11.6 Å². The number of carbonyl (C=O) groups excluding carboxylic acids is 1. The summed E-state index contributed by atoms with van der Waals surface area (Å²) >= 11 is 6.03. The maximum Gasteiger partial charge on any atom is 0.340 e. The maximum absolute atomic E-state index is 12.4. The Morgan fingerprint density at radius 2 is 1.83 bits per heavy atom. The third-order valence-corrected chi connectivity index (χ3v) is 4.38. The second kappa shape index (κ2) is 7.43. The molecule has 0 unspecified atom stereocenters. The van der Waals surface area contributed by atoms with E-state index in [9.17, 15) is 4.79 Å². The molecule has 0 saturated heterocycles. The SMILES string of the molecule is CCCCn1c(C(C)(C)C)cc(C(=O)OC)c1-c1ccc(Cl)cc1. The van der Waals surface area contributed by atoms with E-state index in [2.05, 4.69) is 32.3 Å². The molecule has 4 heteroatoms. The number of methoxy groups -OCH3 is 1. The number of hydrogen-bond donors (Lipinski definition) is 0. The van der Waals surface area contributed by atoms with Crippen molar-refractivity contribution in [3.05, 3.63) is 46.6 Å². The number of benzene rings is 1. The number of esters is 1. The zero-order chi connectivity index (χ0) is 17.9. The summed E-state index contributed by atoms with van der Waals surface area (Å²) in [6.07, 6.45) is 2.15. The molecule has 0 aliphatic carbocycles. The Labute approximate surface area is 149 Å². The molecule has 2 aromatic rings. The van der Waals surface area contributed by atoms with Crippen molar-refractivity contribution in [1.29, 1.82) is 0 Å². The molecule has 1 heterocycles. The second-order valence-corrected chi connectivity index (χ2v) is 7.48. The van der Waals surface area contributed by atoms with Crippen molar-refractivity contribution in [2.75, 3.05) is 7.11 Å². The number of rotatable bonds is 5. The van der Waals surface area contributed by atoms with Gasteiger partial charge in [-0.15, -0.1) is 0 Å². The molecule has 0 atom stereocenters. The van der Waals surface area contributed by atoms with Gasteiger partial charge >= 0.3 is 5.97 Å². The van der Waals surface area contributed by atoms with Crippen molar-refractivity contribution in [3.8, 4) is 11.3 Å². The lowest BCUT2D eigenvalue weighted by Gasteiger charge is -2.23. The largest absolute Gasteiger partial charge is 0.465 e. The Bertz CT molecular complexity index is 708. The molecule has 0 fully saturated rings. The summed E-state index contributed by atoms with van der Waals surface area (Å²) in [5.41, 5.74) is 3.58. The summed E-state index contributed by atoms with van der Waals surface area (Å²) in [6, 6.07) is 9.60. The second-order valence-electron chi connectivity index (χ2n) is 7.05. The Kier molecular flexibility index (Phi) is 5.76. The molecule has 1 aromatic heterocycles. The van der Waals surface area contributed by atoms with Gasteiger partial charge in [-0.05, 0) is 30.2 Å². The molecule has 3 nitrogen and oxygen atoms in total. The molecule has 1 aromatic carbocycles. The van der Waals surface area contributed by atoms with Crippen molar-refractivity contribution in [2.45, 2.75) is 52.5 Å². The molecule has 0 bridgehead atoms. The zero-order valence-corrected chi connectivity index (χ0v) is 15.9. The first-order chi connectivity index (χ1) is 11.3. The van der Waals surface area contributed by atoms with Gasteiger partial charge in [-0.2, -0.15) is 0 Å². The van der Waals surface area contributed by atoms with Crippen LogP contribution in [0.1, 0.15) is 56.6 Å². The van der Waals surface area contributed by atoms with E-state index in [1.807, 2.05) is 30.3 Å². The summed E-state index contributed by atoms with van der Waals surface area (Å²) in [6.45, 7) is 9.54. The molecule has 2 rings (SSSR count). The lowest BCUT2D eigenvalue weighted by atomic mass is 9.92. The van der Waals surface area contributed by atoms with Crippen molar-refractivity contribution in [1.82, 2.24) is 4.57 Å². The van der Waals surface area contributed by atoms with Crippen molar-refractivity contribution in [3.63, 3.8) is 0 Å². The number of halogens is 1. The van der Waals surface area contributed by atoms with Gasteiger partial charge in [-0.25, -0.2) is 4.79 Å². The average Bonchev–Trinajstić information content (AvgIpc) is 2.92. The Morgan fingerprint density at radius 3 is 2.33 bits per heavy atom. The smallest absolute Gasteiger partial charge is 0.340 e. The van der Waals surface area contributed by atoms with E-state index in [1.54, 1.807) is 0 Å². The van der Waals surface area contributed by atoms with Crippen molar-refractivity contribution >= 4 is 17.6 Å². The van der Waals surface area contributed by atoms with Crippen LogP contribution < -0.4 is 0 Å². The fraction of sp³-hybridized carbons (Fsp3) is 0.450. The van der Waals surface area contributed by atoms with Crippen LogP contribution in [0.5, 0.6) is 0 Å².